The molecule has 0 unspecified atom stereocenters. The van der Waals surface area contributed by atoms with E-state index >= 15 is 0 Å². The van der Waals surface area contributed by atoms with Crippen LogP contribution in [0, 0.1) is 0 Å². The fourth-order valence-corrected chi connectivity index (χ4v) is 6.71. The number of aryl methyl sites for hydroxylation is 1. The Morgan fingerprint density at radius 1 is 0.607 bits per heavy atom. The van der Waals surface area contributed by atoms with E-state index in [4.69, 9.17) is 28.4 Å². The standard InChI is InChI=1S/C50H45NO10/c1-2-34-23-25-35(26-24-34)29-40-27-28-41(51-50(55)57-32-36-15-7-3-8-16-36)30-43(40)60-49-45(61-48(54)39-21-13-6-14-22-39)44(59-47(53)38-19-11-5-12-20-38)31-42(58-49)33-56-46(52)37-17-9-4-10-18-37/h3-28,30,42,44-45,49H,2,29,31-33H2,1H3,(H,51,55)/t42-,44-,45+,49+/m0/s1. The third-order valence-corrected chi connectivity index (χ3v) is 9.98. The molecular formula is C50H45NO10. The minimum Gasteiger partial charge on any atom is -0.460 e. The molecule has 0 bridgehead atoms. The first-order valence-corrected chi connectivity index (χ1v) is 20.1. The van der Waals surface area contributed by atoms with Gasteiger partial charge in [-0.2, -0.15) is 0 Å². The summed E-state index contributed by atoms with van der Waals surface area (Å²) in [6.07, 6.45) is -4.12. The highest BCUT2D eigenvalue weighted by Gasteiger charge is 2.46. The van der Waals surface area contributed by atoms with Crippen molar-refractivity contribution in [2.75, 3.05) is 11.9 Å². The second kappa shape index (κ2) is 20.6. The van der Waals surface area contributed by atoms with Gasteiger partial charge in [0.25, 0.3) is 0 Å². The second-order valence-electron chi connectivity index (χ2n) is 14.3. The molecule has 1 saturated heterocycles. The Morgan fingerprint density at radius 3 is 1.77 bits per heavy atom. The lowest BCUT2D eigenvalue weighted by Crippen LogP contribution is -2.55. The fourth-order valence-electron chi connectivity index (χ4n) is 6.71. The van der Waals surface area contributed by atoms with Gasteiger partial charge in [-0.1, -0.05) is 122 Å². The van der Waals surface area contributed by atoms with Crippen molar-refractivity contribution in [1.82, 2.24) is 0 Å². The van der Waals surface area contributed by atoms with Crippen LogP contribution in [-0.4, -0.2) is 55.2 Å². The first-order chi connectivity index (χ1) is 29.8. The molecule has 11 nitrogen and oxygen atoms in total. The zero-order valence-corrected chi connectivity index (χ0v) is 33.5. The Kier molecular flexibility index (Phi) is 14.2. The van der Waals surface area contributed by atoms with Crippen LogP contribution in [-0.2, 0) is 43.1 Å². The highest BCUT2D eigenvalue weighted by Crippen LogP contribution is 2.33. The van der Waals surface area contributed by atoms with Crippen molar-refractivity contribution in [3.63, 3.8) is 0 Å². The molecule has 0 aliphatic carbocycles. The molecule has 1 fully saturated rings. The predicted octanol–water partition coefficient (Wildman–Crippen LogP) is 9.39. The van der Waals surface area contributed by atoms with Gasteiger partial charge in [-0.05, 0) is 71.1 Å². The van der Waals surface area contributed by atoms with Crippen molar-refractivity contribution >= 4 is 29.7 Å². The molecule has 1 aliphatic heterocycles. The fraction of sp³-hybridized carbons (Fsp3) is 0.200. The number of nitrogens with one attached hydrogen (secondary N) is 1. The molecule has 6 aromatic carbocycles. The van der Waals surface area contributed by atoms with Gasteiger partial charge in [0.05, 0.1) is 22.8 Å². The summed E-state index contributed by atoms with van der Waals surface area (Å²) in [5.41, 5.74) is 4.93. The van der Waals surface area contributed by atoms with E-state index in [2.05, 4.69) is 24.4 Å². The molecule has 1 aliphatic rings. The van der Waals surface area contributed by atoms with E-state index in [9.17, 15) is 19.2 Å². The average molecular weight is 820 g/mol. The highest BCUT2D eigenvalue weighted by atomic mass is 16.7. The molecule has 1 amide bonds. The third kappa shape index (κ3) is 11.7. The number of amides is 1. The first-order valence-electron chi connectivity index (χ1n) is 20.1. The van der Waals surface area contributed by atoms with Crippen molar-refractivity contribution in [2.24, 2.45) is 0 Å². The Labute approximate surface area is 354 Å². The largest absolute Gasteiger partial charge is 0.460 e. The molecule has 7 rings (SSSR count). The molecule has 0 radical (unpaired) electrons. The Bertz CT molecular complexity index is 2380. The zero-order chi connectivity index (χ0) is 42.4. The van der Waals surface area contributed by atoms with Gasteiger partial charge >= 0.3 is 24.0 Å². The Balaban J connectivity index is 1.22. The third-order valence-electron chi connectivity index (χ3n) is 9.98. The quantitative estimate of drug-likeness (QED) is 0.0789. The molecule has 1 heterocycles. The van der Waals surface area contributed by atoms with Crippen LogP contribution in [0.1, 0.15) is 66.7 Å². The van der Waals surface area contributed by atoms with Gasteiger partial charge in [-0.3, -0.25) is 5.32 Å². The number of benzene rings is 6. The summed E-state index contributed by atoms with van der Waals surface area (Å²) in [5.74, 6) is -1.67. The maximum Gasteiger partial charge on any atom is 0.411 e. The highest BCUT2D eigenvalue weighted by molar-refractivity contribution is 5.91. The molecule has 11 heteroatoms. The monoisotopic (exact) mass is 819 g/mol. The van der Waals surface area contributed by atoms with E-state index in [1.165, 1.54) is 5.56 Å². The molecule has 6 aromatic rings. The van der Waals surface area contributed by atoms with E-state index in [-0.39, 0.29) is 36.5 Å². The van der Waals surface area contributed by atoms with E-state index in [0.29, 0.717) is 23.2 Å². The van der Waals surface area contributed by atoms with E-state index < -0.39 is 48.6 Å². The van der Waals surface area contributed by atoms with Gasteiger partial charge < -0.3 is 28.4 Å². The lowest BCUT2D eigenvalue weighted by Gasteiger charge is -2.40. The van der Waals surface area contributed by atoms with Crippen LogP contribution in [0.25, 0.3) is 0 Å². The molecular weight excluding hydrogens is 775 g/mol. The van der Waals surface area contributed by atoms with Crippen LogP contribution in [0.2, 0.25) is 0 Å². The van der Waals surface area contributed by atoms with E-state index in [1.807, 2.05) is 48.5 Å². The van der Waals surface area contributed by atoms with E-state index in [1.54, 1.807) is 103 Å². The van der Waals surface area contributed by atoms with Gasteiger partial charge in [0.15, 0.2) is 0 Å². The summed E-state index contributed by atoms with van der Waals surface area (Å²) in [6.45, 7) is 1.91. The van der Waals surface area contributed by atoms with Crippen LogP contribution in [0.3, 0.4) is 0 Å². The number of esters is 3. The summed E-state index contributed by atoms with van der Waals surface area (Å²) in [7, 11) is 0. The van der Waals surface area contributed by atoms with Crippen molar-refractivity contribution < 1.29 is 47.6 Å². The van der Waals surface area contributed by atoms with Crippen molar-refractivity contribution in [1.29, 1.82) is 0 Å². The predicted molar refractivity (Wildman–Crippen MR) is 227 cm³/mol. The number of rotatable bonds is 15. The van der Waals surface area contributed by atoms with Crippen LogP contribution in [0.15, 0.2) is 164 Å². The van der Waals surface area contributed by atoms with Gasteiger partial charge in [-0.25, -0.2) is 19.2 Å². The van der Waals surface area contributed by atoms with Gasteiger partial charge in [0.1, 0.15) is 25.1 Å². The van der Waals surface area contributed by atoms with E-state index in [0.717, 1.165) is 17.5 Å². The summed E-state index contributed by atoms with van der Waals surface area (Å²) >= 11 is 0. The zero-order valence-electron chi connectivity index (χ0n) is 33.5. The first kappa shape index (κ1) is 41.9. The summed E-state index contributed by atoms with van der Waals surface area (Å²) in [6, 6.07) is 48.0. The average Bonchev–Trinajstić information content (AvgIpc) is 3.30. The lowest BCUT2D eigenvalue weighted by atomic mass is 10.0. The maximum absolute atomic E-state index is 13.8. The summed E-state index contributed by atoms with van der Waals surface area (Å²) in [4.78, 5) is 53.5. The second-order valence-corrected chi connectivity index (χ2v) is 14.3. The SMILES string of the molecule is CCc1ccc(Cc2ccc(NC(=O)OCc3ccccc3)cc2O[C@H]2O[C@H](COC(=O)c3ccccc3)C[C@H](OC(=O)c3ccccc3)[C@H]2OC(=O)c2ccccc2)cc1. The van der Waals surface area contributed by atoms with Crippen molar-refractivity contribution in [2.45, 2.75) is 57.4 Å². The molecule has 0 saturated carbocycles. The minimum atomic E-state index is -1.41. The number of carbonyl (C=O) groups is 4. The Hall–Kier alpha value is -7.24. The van der Waals surface area contributed by atoms with Crippen LogP contribution < -0.4 is 10.1 Å². The smallest absolute Gasteiger partial charge is 0.411 e. The van der Waals surface area contributed by atoms with Crippen LogP contribution in [0.4, 0.5) is 10.5 Å². The number of anilines is 1. The number of ether oxygens (including phenoxy) is 6. The summed E-state index contributed by atoms with van der Waals surface area (Å²) in [5, 5.41) is 2.78. The molecule has 310 valence electrons. The minimum absolute atomic E-state index is 0.0152. The molecule has 61 heavy (non-hydrogen) atoms. The topological polar surface area (TPSA) is 136 Å². The van der Waals surface area contributed by atoms with Gasteiger partial charge in [-0.15, -0.1) is 0 Å². The molecule has 4 atom stereocenters. The maximum atomic E-state index is 13.8. The number of hydrogen-bond donors (Lipinski definition) is 1. The van der Waals surface area contributed by atoms with Crippen molar-refractivity contribution in [3.8, 4) is 5.75 Å². The van der Waals surface area contributed by atoms with Crippen molar-refractivity contribution in [3.05, 3.63) is 203 Å². The van der Waals surface area contributed by atoms with Crippen LogP contribution >= 0.6 is 0 Å². The molecule has 1 N–H and O–H groups in total. The van der Waals surface area contributed by atoms with Crippen LogP contribution in [0.5, 0.6) is 5.75 Å². The lowest BCUT2D eigenvalue weighted by molar-refractivity contribution is -0.240. The Morgan fingerprint density at radius 2 is 1.16 bits per heavy atom. The number of hydrogen-bond acceptors (Lipinski definition) is 10. The van der Waals surface area contributed by atoms with Gasteiger partial charge in [0, 0.05) is 24.6 Å². The molecule has 0 aromatic heterocycles. The summed E-state index contributed by atoms with van der Waals surface area (Å²) < 4.78 is 36.7. The number of carbonyl (C=O) groups excluding carboxylic acids is 4. The molecule has 0 spiro atoms. The van der Waals surface area contributed by atoms with Gasteiger partial charge in [0.2, 0.25) is 12.4 Å². The normalized spacial score (nSPS) is 17.0.